The van der Waals surface area contributed by atoms with E-state index in [4.69, 9.17) is 0 Å². The highest BCUT2D eigenvalue weighted by Crippen LogP contribution is 2.23. The third kappa shape index (κ3) is 1.13. The van der Waals surface area contributed by atoms with E-state index in [0.717, 1.165) is 24.1 Å². The van der Waals surface area contributed by atoms with Crippen molar-refractivity contribution in [2.45, 2.75) is 12.8 Å². The first-order valence-corrected chi connectivity index (χ1v) is 3.95. The van der Waals surface area contributed by atoms with E-state index < -0.39 is 0 Å². The molecule has 1 aliphatic rings. The second kappa shape index (κ2) is 2.85. The van der Waals surface area contributed by atoms with Crippen molar-refractivity contribution in [3.8, 4) is 0 Å². The number of allylic oxidation sites excluding steroid dienone is 4. The van der Waals surface area contributed by atoms with Crippen molar-refractivity contribution in [1.82, 2.24) is 9.97 Å². The van der Waals surface area contributed by atoms with Gasteiger partial charge in [-0.1, -0.05) is 12.2 Å². The molecule has 62 valence electrons. The summed E-state index contributed by atoms with van der Waals surface area (Å²) in [5.41, 5.74) is 1.74. The lowest BCUT2D eigenvalue weighted by Crippen LogP contribution is -1.93. The highest BCUT2D eigenvalue weighted by molar-refractivity contribution is 5.73. The second-order valence-corrected chi connectivity index (χ2v) is 2.77. The van der Waals surface area contributed by atoms with Gasteiger partial charge < -0.3 is 10.1 Å². The Balaban J connectivity index is 2.40. The van der Waals surface area contributed by atoms with Gasteiger partial charge in [0.2, 0.25) is 0 Å². The van der Waals surface area contributed by atoms with Crippen molar-refractivity contribution < 1.29 is 5.11 Å². The van der Waals surface area contributed by atoms with Gasteiger partial charge in [-0.2, -0.15) is 0 Å². The summed E-state index contributed by atoms with van der Waals surface area (Å²) >= 11 is 0. The summed E-state index contributed by atoms with van der Waals surface area (Å²) in [7, 11) is 0. The molecule has 0 aromatic carbocycles. The van der Waals surface area contributed by atoms with Gasteiger partial charge in [0.1, 0.15) is 5.76 Å². The van der Waals surface area contributed by atoms with Crippen LogP contribution in [-0.4, -0.2) is 15.1 Å². The van der Waals surface area contributed by atoms with Crippen LogP contribution in [0.5, 0.6) is 0 Å². The molecule has 1 aromatic heterocycles. The van der Waals surface area contributed by atoms with Gasteiger partial charge in [0.15, 0.2) is 0 Å². The minimum Gasteiger partial charge on any atom is -0.512 e. The highest BCUT2D eigenvalue weighted by Gasteiger charge is 2.09. The lowest BCUT2D eigenvalue weighted by atomic mass is 10.0. The van der Waals surface area contributed by atoms with Crippen molar-refractivity contribution in [1.29, 1.82) is 0 Å². The quantitative estimate of drug-likeness (QED) is 0.663. The molecule has 1 heterocycles. The van der Waals surface area contributed by atoms with Gasteiger partial charge in [-0.3, -0.25) is 0 Å². The Bertz CT molecular complexity index is 322. The fourth-order valence-electron chi connectivity index (χ4n) is 1.30. The Hall–Kier alpha value is -1.51. The maximum atomic E-state index is 9.52. The van der Waals surface area contributed by atoms with Crippen molar-refractivity contribution in [3.05, 3.63) is 36.1 Å². The third-order valence-corrected chi connectivity index (χ3v) is 1.93. The van der Waals surface area contributed by atoms with Crippen LogP contribution in [0.1, 0.15) is 18.5 Å². The fourth-order valence-corrected chi connectivity index (χ4v) is 1.30. The first-order chi connectivity index (χ1) is 5.88. The topological polar surface area (TPSA) is 48.9 Å². The molecule has 0 bridgehead atoms. The first kappa shape index (κ1) is 7.16. The minimum atomic E-state index is 0.446. The van der Waals surface area contributed by atoms with E-state index in [0.29, 0.717) is 5.76 Å². The van der Waals surface area contributed by atoms with Crippen LogP contribution in [-0.2, 0) is 0 Å². The zero-order valence-electron chi connectivity index (χ0n) is 6.62. The average Bonchev–Trinajstić information content (AvgIpc) is 2.57. The number of aliphatic hydroxyl groups excluding tert-OH is 1. The fraction of sp³-hybridized carbons (Fsp3) is 0.222. The van der Waals surface area contributed by atoms with E-state index in [1.807, 2.05) is 6.08 Å². The van der Waals surface area contributed by atoms with Crippen LogP contribution in [0.2, 0.25) is 0 Å². The average molecular weight is 162 g/mol. The Kier molecular flexibility index (Phi) is 1.70. The van der Waals surface area contributed by atoms with Gasteiger partial charge in [0.25, 0.3) is 0 Å². The maximum Gasteiger partial charge on any atom is 0.102 e. The van der Waals surface area contributed by atoms with Crippen LogP contribution in [0.15, 0.2) is 30.4 Å². The summed E-state index contributed by atoms with van der Waals surface area (Å²) in [6.45, 7) is 0. The highest BCUT2D eigenvalue weighted by atomic mass is 16.3. The molecule has 2 rings (SSSR count). The van der Waals surface area contributed by atoms with Crippen molar-refractivity contribution in [2.24, 2.45) is 0 Å². The monoisotopic (exact) mass is 162 g/mol. The zero-order chi connectivity index (χ0) is 8.39. The number of H-pyrrole nitrogens is 1. The molecule has 0 radical (unpaired) electrons. The standard InChI is InChI=1S/C9H10N2O/c12-9-4-2-1-3-7(9)8-5-10-6-11-8/h1,3,5-6,12H,2,4H2,(H,10,11). The molecule has 0 fully saturated rings. The molecule has 0 atom stereocenters. The van der Waals surface area contributed by atoms with Crippen LogP contribution >= 0.6 is 0 Å². The minimum absolute atomic E-state index is 0.446. The molecule has 2 N–H and O–H groups in total. The molecule has 0 unspecified atom stereocenters. The van der Waals surface area contributed by atoms with E-state index in [1.54, 1.807) is 12.5 Å². The Morgan fingerprint density at radius 1 is 1.50 bits per heavy atom. The van der Waals surface area contributed by atoms with Crippen LogP contribution in [0.3, 0.4) is 0 Å². The summed E-state index contributed by atoms with van der Waals surface area (Å²) < 4.78 is 0. The molecule has 0 spiro atoms. The Labute approximate surface area is 70.5 Å². The summed E-state index contributed by atoms with van der Waals surface area (Å²) in [4.78, 5) is 6.85. The molecule has 3 heteroatoms. The molecule has 12 heavy (non-hydrogen) atoms. The number of aliphatic hydroxyl groups is 1. The number of aromatic amines is 1. The second-order valence-electron chi connectivity index (χ2n) is 2.77. The molecule has 1 aromatic rings. The van der Waals surface area contributed by atoms with Crippen LogP contribution < -0.4 is 0 Å². The van der Waals surface area contributed by atoms with Gasteiger partial charge in [0.05, 0.1) is 18.2 Å². The molecule has 0 saturated heterocycles. The van der Waals surface area contributed by atoms with E-state index >= 15 is 0 Å². The molecule has 3 nitrogen and oxygen atoms in total. The van der Waals surface area contributed by atoms with E-state index in [9.17, 15) is 5.11 Å². The largest absolute Gasteiger partial charge is 0.512 e. The number of hydrogen-bond donors (Lipinski definition) is 2. The van der Waals surface area contributed by atoms with E-state index in [2.05, 4.69) is 16.0 Å². The van der Waals surface area contributed by atoms with Gasteiger partial charge in [-0.05, 0) is 6.42 Å². The van der Waals surface area contributed by atoms with Gasteiger partial charge in [-0.15, -0.1) is 0 Å². The summed E-state index contributed by atoms with van der Waals surface area (Å²) in [5, 5.41) is 9.52. The van der Waals surface area contributed by atoms with Gasteiger partial charge >= 0.3 is 0 Å². The third-order valence-electron chi connectivity index (χ3n) is 1.93. The zero-order valence-corrected chi connectivity index (χ0v) is 6.62. The van der Waals surface area contributed by atoms with Crippen LogP contribution in [0.25, 0.3) is 5.57 Å². The molecule has 0 aliphatic heterocycles. The van der Waals surface area contributed by atoms with Crippen LogP contribution in [0.4, 0.5) is 0 Å². The van der Waals surface area contributed by atoms with E-state index in [1.165, 1.54) is 0 Å². The van der Waals surface area contributed by atoms with Crippen LogP contribution in [0, 0.1) is 0 Å². The van der Waals surface area contributed by atoms with Gasteiger partial charge in [0, 0.05) is 12.0 Å². The van der Waals surface area contributed by atoms with Gasteiger partial charge in [-0.25, -0.2) is 4.98 Å². The van der Waals surface area contributed by atoms with Crippen molar-refractivity contribution in [2.75, 3.05) is 0 Å². The number of hydrogen-bond acceptors (Lipinski definition) is 2. The van der Waals surface area contributed by atoms with Crippen molar-refractivity contribution in [3.63, 3.8) is 0 Å². The van der Waals surface area contributed by atoms with Crippen molar-refractivity contribution >= 4 is 5.57 Å². The van der Waals surface area contributed by atoms with E-state index in [-0.39, 0.29) is 0 Å². The number of nitrogens with zero attached hydrogens (tertiary/aromatic N) is 1. The predicted molar refractivity (Wildman–Crippen MR) is 46.5 cm³/mol. The summed E-state index contributed by atoms with van der Waals surface area (Å²) in [6, 6.07) is 0. The molecular weight excluding hydrogens is 152 g/mol. The SMILES string of the molecule is OC1=C(c2cnc[nH]2)C=CCC1. The lowest BCUT2D eigenvalue weighted by Gasteiger charge is -2.08. The first-order valence-electron chi connectivity index (χ1n) is 3.95. The summed E-state index contributed by atoms with van der Waals surface area (Å²) in [6.07, 6.45) is 8.94. The normalized spacial score (nSPS) is 17.0. The Morgan fingerprint density at radius 3 is 3.08 bits per heavy atom. The number of aromatic nitrogens is 2. The maximum absolute atomic E-state index is 9.52. The molecular formula is C9H10N2O. The predicted octanol–water partition coefficient (Wildman–Crippen LogP) is 2.03. The lowest BCUT2D eigenvalue weighted by molar-refractivity contribution is 0.391. The number of rotatable bonds is 1. The summed E-state index contributed by atoms with van der Waals surface area (Å²) in [5.74, 6) is 0.446. The molecule has 0 amide bonds. The number of imidazole rings is 1. The number of nitrogens with one attached hydrogen (secondary N) is 1. The Morgan fingerprint density at radius 2 is 2.42 bits per heavy atom. The molecule has 1 aliphatic carbocycles. The molecule has 0 saturated carbocycles. The smallest absolute Gasteiger partial charge is 0.102 e.